The molecule has 0 aliphatic carbocycles. The van der Waals surface area contributed by atoms with E-state index in [-0.39, 0.29) is 18.9 Å². The highest BCUT2D eigenvalue weighted by Gasteiger charge is 2.27. The molecule has 0 radical (unpaired) electrons. The average Bonchev–Trinajstić information content (AvgIpc) is 2.83. The zero-order valence-corrected chi connectivity index (χ0v) is 10.1. The molecule has 2 heterocycles. The van der Waals surface area contributed by atoms with Crippen LogP contribution in [0.3, 0.4) is 0 Å². The van der Waals surface area contributed by atoms with E-state index < -0.39 is 6.09 Å². The van der Waals surface area contributed by atoms with Gasteiger partial charge in [0.2, 0.25) is 11.8 Å². The number of carbonyl (C=O) groups excluding carboxylic acids is 2. The lowest BCUT2D eigenvalue weighted by Crippen LogP contribution is -2.31. The molecule has 2 rings (SSSR count). The summed E-state index contributed by atoms with van der Waals surface area (Å²) in [6.07, 6.45) is 1.92. The number of rotatable bonds is 4. The number of nitrogens with zero attached hydrogens (tertiary/aromatic N) is 2. The first-order valence-electron chi connectivity index (χ1n) is 5.67. The first-order valence-corrected chi connectivity index (χ1v) is 5.67. The summed E-state index contributed by atoms with van der Waals surface area (Å²) < 4.78 is 9.65. The van der Waals surface area contributed by atoms with Gasteiger partial charge >= 0.3 is 6.09 Å². The van der Waals surface area contributed by atoms with Crippen LogP contribution in [0.4, 0.5) is 4.79 Å². The summed E-state index contributed by atoms with van der Waals surface area (Å²) in [6.45, 7) is 0.632. The zero-order chi connectivity index (χ0) is 13.0. The molecule has 1 saturated heterocycles. The summed E-state index contributed by atoms with van der Waals surface area (Å²) in [5, 5.41) is 0. The smallest absolute Gasteiger partial charge is 0.416 e. The van der Waals surface area contributed by atoms with Gasteiger partial charge in [0.05, 0.1) is 13.7 Å². The molecule has 1 aliphatic rings. The van der Waals surface area contributed by atoms with Crippen LogP contribution in [0.1, 0.15) is 12.0 Å². The molecule has 0 N–H and O–H groups in total. The summed E-state index contributed by atoms with van der Waals surface area (Å²) in [6, 6.07) is 3.59. The number of aryl methyl sites for hydroxylation is 1. The van der Waals surface area contributed by atoms with Gasteiger partial charge < -0.3 is 9.47 Å². The van der Waals surface area contributed by atoms with Gasteiger partial charge in [0.15, 0.2) is 0 Å². The SMILES string of the molecule is COc1ccc(CCC(=O)N2CCOC2=O)cn1. The standard InChI is InChI=1S/C12H14N2O4/c1-17-10-4-2-9(8-13-10)3-5-11(15)14-6-7-18-12(14)16/h2,4,8H,3,5-7H2,1H3. The van der Waals surface area contributed by atoms with Gasteiger partial charge in [-0.2, -0.15) is 0 Å². The number of hydrogen-bond acceptors (Lipinski definition) is 5. The molecule has 1 aromatic rings. The van der Waals surface area contributed by atoms with Gasteiger partial charge in [0.1, 0.15) is 6.61 Å². The van der Waals surface area contributed by atoms with Crippen LogP contribution in [0.5, 0.6) is 5.88 Å². The minimum Gasteiger partial charge on any atom is -0.481 e. The van der Waals surface area contributed by atoms with Crippen molar-refractivity contribution in [2.24, 2.45) is 0 Å². The monoisotopic (exact) mass is 250 g/mol. The van der Waals surface area contributed by atoms with Gasteiger partial charge in [-0.15, -0.1) is 0 Å². The molecule has 0 spiro atoms. The van der Waals surface area contributed by atoms with Gasteiger partial charge in [0, 0.05) is 18.7 Å². The number of carbonyl (C=O) groups is 2. The normalized spacial score (nSPS) is 14.5. The quantitative estimate of drug-likeness (QED) is 0.797. The summed E-state index contributed by atoms with van der Waals surface area (Å²) in [5.74, 6) is 0.321. The molecule has 0 saturated carbocycles. The number of methoxy groups -OCH3 is 1. The lowest BCUT2D eigenvalue weighted by Gasteiger charge is -2.10. The molecule has 0 aromatic carbocycles. The van der Waals surface area contributed by atoms with Gasteiger partial charge in [-0.25, -0.2) is 14.7 Å². The Balaban J connectivity index is 1.86. The Morgan fingerprint density at radius 2 is 2.39 bits per heavy atom. The fourth-order valence-electron chi connectivity index (χ4n) is 1.69. The number of amides is 2. The summed E-state index contributed by atoms with van der Waals surface area (Å²) in [5.41, 5.74) is 0.928. The van der Waals surface area contributed by atoms with Crippen LogP contribution in [-0.4, -0.2) is 42.1 Å². The van der Waals surface area contributed by atoms with E-state index in [1.54, 1.807) is 19.4 Å². The Kier molecular flexibility index (Phi) is 3.76. The van der Waals surface area contributed by atoms with E-state index in [2.05, 4.69) is 4.98 Å². The maximum Gasteiger partial charge on any atom is 0.416 e. The van der Waals surface area contributed by atoms with Crippen molar-refractivity contribution in [1.29, 1.82) is 0 Å². The molecule has 0 atom stereocenters. The Labute approximate surface area is 105 Å². The highest BCUT2D eigenvalue weighted by molar-refractivity contribution is 5.92. The van der Waals surface area contributed by atoms with E-state index in [1.165, 1.54) is 0 Å². The molecule has 1 aliphatic heterocycles. The number of aromatic nitrogens is 1. The van der Waals surface area contributed by atoms with Gasteiger partial charge in [-0.1, -0.05) is 6.07 Å². The van der Waals surface area contributed by atoms with Crippen molar-refractivity contribution >= 4 is 12.0 Å². The Bertz CT molecular complexity index is 444. The number of cyclic esters (lactones) is 1. The fraction of sp³-hybridized carbons (Fsp3) is 0.417. The van der Waals surface area contributed by atoms with Gasteiger partial charge in [0.25, 0.3) is 0 Å². The predicted octanol–water partition coefficient (Wildman–Crippen LogP) is 1.00. The van der Waals surface area contributed by atoms with Crippen LogP contribution in [0, 0.1) is 0 Å². The molecule has 6 heteroatoms. The van der Waals surface area contributed by atoms with Gasteiger partial charge in [-0.3, -0.25) is 4.79 Å². The van der Waals surface area contributed by atoms with E-state index in [4.69, 9.17) is 9.47 Å². The van der Waals surface area contributed by atoms with Crippen LogP contribution in [0.2, 0.25) is 0 Å². The van der Waals surface area contributed by atoms with Crippen molar-refractivity contribution in [2.75, 3.05) is 20.3 Å². The van der Waals surface area contributed by atoms with Crippen LogP contribution in [0.25, 0.3) is 0 Å². The van der Waals surface area contributed by atoms with Crippen LogP contribution in [0.15, 0.2) is 18.3 Å². The first kappa shape index (κ1) is 12.3. The number of pyridine rings is 1. The molecule has 0 unspecified atom stereocenters. The summed E-state index contributed by atoms with van der Waals surface area (Å²) >= 11 is 0. The Morgan fingerprint density at radius 1 is 1.56 bits per heavy atom. The van der Waals surface area contributed by atoms with Crippen molar-refractivity contribution in [2.45, 2.75) is 12.8 Å². The minimum absolute atomic E-state index is 0.215. The van der Waals surface area contributed by atoms with Crippen LogP contribution in [-0.2, 0) is 16.0 Å². The lowest BCUT2D eigenvalue weighted by atomic mass is 10.1. The average molecular weight is 250 g/mol. The Morgan fingerprint density at radius 3 is 2.94 bits per heavy atom. The summed E-state index contributed by atoms with van der Waals surface area (Å²) in [7, 11) is 1.55. The molecule has 1 fully saturated rings. The highest BCUT2D eigenvalue weighted by Crippen LogP contribution is 2.11. The molecule has 6 nitrogen and oxygen atoms in total. The molecule has 1 aromatic heterocycles. The highest BCUT2D eigenvalue weighted by atomic mass is 16.6. The van der Waals surface area contributed by atoms with Crippen LogP contribution < -0.4 is 4.74 Å². The molecule has 0 bridgehead atoms. The maximum absolute atomic E-state index is 11.7. The molecule has 18 heavy (non-hydrogen) atoms. The van der Waals surface area contributed by atoms with Crippen molar-refractivity contribution in [3.63, 3.8) is 0 Å². The number of hydrogen-bond donors (Lipinski definition) is 0. The predicted molar refractivity (Wildman–Crippen MR) is 62.2 cm³/mol. The molecular weight excluding hydrogens is 236 g/mol. The van der Waals surface area contributed by atoms with E-state index >= 15 is 0 Å². The largest absolute Gasteiger partial charge is 0.481 e. The molecule has 2 amide bonds. The fourth-order valence-corrected chi connectivity index (χ4v) is 1.69. The second kappa shape index (κ2) is 5.48. The van der Waals surface area contributed by atoms with E-state index in [0.29, 0.717) is 18.8 Å². The molecule has 96 valence electrons. The number of ether oxygens (including phenoxy) is 2. The van der Waals surface area contributed by atoms with Crippen molar-refractivity contribution in [1.82, 2.24) is 9.88 Å². The lowest BCUT2D eigenvalue weighted by molar-refractivity contribution is -0.127. The second-order valence-corrected chi connectivity index (χ2v) is 3.87. The summed E-state index contributed by atoms with van der Waals surface area (Å²) in [4.78, 5) is 28.1. The maximum atomic E-state index is 11.7. The first-order chi connectivity index (χ1) is 8.70. The topological polar surface area (TPSA) is 68.7 Å². The van der Waals surface area contributed by atoms with Crippen molar-refractivity contribution in [3.05, 3.63) is 23.9 Å². The zero-order valence-electron chi connectivity index (χ0n) is 10.1. The third kappa shape index (κ3) is 2.77. The third-order valence-corrected chi connectivity index (χ3v) is 2.70. The number of imide groups is 1. The van der Waals surface area contributed by atoms with Crippen molar-refractivity contribution < 1.29 is 19.1 Å². The van der Waals surface area contributed by atoms with Gasteiger partial charge in [-0.05, 0) is 12.0 Å². The second-order valence-electron chi connectivity index (χ2n) is 3.87. The third-order valence-electron chi connectivity index (χ3n) is 2.70. The minimum atomic E-state index is -0.548. The van der Waals surface area contributed by atoms with Crippen molar-refractivity contribution in [3.8, 4) is 5.88 Å². The Hall–Kier alpha value is -2.11. The molecular formula is C12H14N2O4. The van der Waals surface area contributed by atoms with E-state index in [0.717, 1.165) is 10.5 Å². The van der Waals surface area contributed by atoms with Crippen LogP contribution >= 0.6 is 0 Å². The van der Waals surface area contributed by atoms with E-state index in [9.17, 15) is 9.59 Å². The van der Waals surface area contributed by atoms with E-state index in [1.807, 2.05) is 6.07 Å².